The average molecular weight is 526 g/mol. The number of benzene rings is 2. The van der Waals surface area contributed by atoms with Gasteiger partial charge in [-0.15, -0.1) is 0 Å². The van der Waals surface area contributed by atoms with Gasteiger partial charge in [-0.1, -0.05) is 66.1 Å². The molecule has 1 aliphatic heterocycles. The Kier molecular flexibility index (Phi) is 5.86. The van der Waals surface area contributed by atoms with Crippen molar-refractivity contribution in [1.29, 1.82) is 0 Å². The summed E-state index contributed by atoms with van der Waals surface area (Å²) in [4.78, 5) is 38.3. The second-order valence-corrected chi connectivity index (χ2v) is 9.74. The first-order valence-electron chi connectivity index (χ1n) is 10.3. The normalized spacial score (nSPS) is 17.9. The monoisotopic (exact) mass is 525 g/mol. The number of halogens is 1. The summed E-state index contributed by atoms with van der Waals surface area (Å²) in [6.07, 6.45) is 0. The van der Waals surface area contributed by atoms with Crippen molar-refractivity contribution in [1.82, 2.24) is 5.16 Å². The smallest absolute Gasteiger partial charge is 0.301 e. The van der Waals surface area contributed by atoms with Gasteiger partial charge < -0.3 is 9.63 Å². The Balaban J connectivity index is 1.95. The number of aliphatic hydroxyl groups excluding tert-OH is 1. The van der Waals surface area contributed by atoms with Gasteiger partial charge in [0.1, 0.15) is 11.5 Å². The van der Waals surface area contributed by atoms with E-state index in [-0.39, 0.29) is 22.6 Å². The Labute approximate surface area is 202 Å². The fraction of sp³-hybridized carbons (Fsp3) is 0.208. The Bertz CT molecular complexity index is 1340. The predicted molar refractivity (Wildman–Crippen MR) is 127 cm³/mol. The number of nitrogens with zero attached hydrogens (tertiary/aromatic N) is 3. The molecule has 4 rings (SSSR count). The fourth-order valence-electron chi connectivity index (χ4n) is 3.69. The largest absolute Gasteiger partial charge is 0.507 e. The second kappa shape index (κ2) is 8.53. The number of nitro benzene ring substituents is 1. The first kappa shape index (κ1) is 23.4. The van der Waals surface area contributed by atoms with E-state index in [4.69, 9.17) is 4.52 Å². The van der Waals surface area contributed by atoms with Gasteiger partial charge >= 0.3 is 5.91 Å². The van der Waals surface area contributed by atoms with Crippen LogP contribution in [0.5, 0.6) is 0 Å². The van der Waals surface area contributed by atoms with Gasteiger partial charge in [-0.3, -0.25) is 24.6 Å². The lowest BCUT2D eigenvalue weighted by atomic mass is 9.93. The van der Waals surface area contributed by atoms with Crippen LogP contribution in [0.25, 0.3) is 5.76 Å². The van der Waals surface area contributed by atoms with Crippen molar-refractivity contribution in [3.05, 3.63) is 91.6 Å². The van der Waals surface area contributed by atoms with Crippen LogP contribution >= 0.6 is 15.9 Å². The number of aromatic nitrogens is 1. The summed E-state index contributed by atoms with van der Waals surface area (Å²) >= 11 is 3.32. The molecule has 9 nitrogen and oxygen atoms in total. The first-order valence-corrected chi connectivity index (χ1v) is 11.1. The Hall–Kier alpha value is -3.79. The number of amides is 1. The highest BCUT2D eigenvalue weighted by molar-refractivity contribution is 9.10. The molecular formula is C24H20BrN3O6. The molecule has 1 amide bonds. The molecule has 0 bridgehead atoms. The molecule has 0 aliphatic carbocycles. The van der Waals surface area contributed by atoms with Crippen LogP contribution in [0.3, 0.4) is 0 Å². The van der Waals surface area contributed by atoms with Crippen LogP contribution < -0.4 is 4.90 Å². The molecule has 174 valence electrons. The second-order valence-electron chi connectivity index (χ2n) is 8.83. The molecule has 1 atom stereocenters. The van der Waals surface area contributed by atoms with Crippen molar-refractivity contribution < 1.29 is 24.1 Å². The predicted octanol–water partition coefficient (Wildman–Crippen LogP) is 5.27. The molecule has 0 spiro atoms. The number of rotatable bonds is 4. The number of anilines is 1. The maximum Gasteiger partial charge on any atom is 0.301 e. The number of hydrogen-bond acceptors (Lipinski definition) is 7. The van der Waals surface area contributed by atoms with Crippen molar-refractivity contribution >= 4 is 44.9 Å². The molecule has 10 heteroatoms. The quantitative estimate of drug-likeness (QED) is 0.161. The molecule has 2 aromatic carbocycles. The van der Waals surface area contributed by atoms with Crippen LogP contribution in [0.4, 0.5) is 11.5 Å². The molecule has 3 aromatic rings. The van der Waals surface area contributed by atoms with E-state index in [1.807, 2.05) is 20.8 Å². The van der Waals surface area contributed by atoms with Gasteiger partial charge in [0.05, 0.1) is 16.5 Å². The van der Waals surface area contributed by atoms with E-state index >= 15 is 0 Å². The third kappa shape index (κ3) is 4.12. The summed E-state index contributed by atoms with van der Waals surface area (Å²) in [6, 6.07) is 12.5. The van der Waals surface area contributed by atoms with Gasteiger partial charge in [-0.2, -0.15) is 0 Å². The number of carbonyl (C=O) groups is 2. The number of ketones is 1. The van der Waals surface area contributed by atoms with Crippen molar-refractivity contribution in [3.8, 4) is 0 Å². The van der Waals surface area contributed by atoms with Crippen LogP contribution in [0, 0.1) is 10.1 Å². The van der Waals surface area contributed by atoms with E-state index in [1.54, 1.807) is 36.4 Å². The van der Waals surface area contributed by atoms with Gasteiger partial charge in [0.2, 0.25) is 0 Å². The molecule has 1 fully saturated rings. The van der Waals surface area contributed by atoms with E-state index in [0.29, 0.717) is 11.3 Å². The van der Waals surface area contributed by atoms with E-state index in [0.717, 1.165) is 9.37 Å². The SMILES string of the molecule is CC(C)(C)c1cc(N2C(=O)C(=O)C(=C(O)c3ccc(Br)cc3)C2c2cccc([N+](=O)[O-])c2)no1. The maximum atomic E-state index is 13.2. The van der Waals surface area contributed by atoms with Crippen molar-refractivity contribution in [2.24, 2.45) is 0 Å². The zero-order chi connectivity index (χ0) is 24.8. The fourth-order valence-corrected chi connectivity index (χ4v) is 3.95. The van der Waals surface area contributed by atoms with Crippen molar-refractivity contribution in [3.63, 3.8) is 0 Å². The highest BCUT2D eigenvalue weighted by atomic mass is 79.9. The zero-order valence-corrected chi connectivity index (χ0v) is 20.1. The average Bonchev–Trinajstić information content (AvgIpc) is 3.37. The lowest BCUT2D eigenvalue weighted by Gasteiger charge is -2.22. The number of carbonyl (C=O) groups excluding carboxylic acids is 2. The summed E-state index contributed by atoms with van der Waals surface area (Å²) in [5.41, 5.74) is -0.257. The van der Waals surface area contributed by atoms with Gasteiger partial charge in [-0.25, -0.2) is 0 Å². The molecule has 1 saturated heterocycles. The highest BCUT2D eigenvalue weighted by Crippen LogP contribution is 2.43. The summed E-state index contributed by atoms with van der Waals surface area (Å²) < 4.78 is 6.18. The third-order valence-electron chi connectivity index (χ3n) is 5.44. The van der Waals surface area contributed by atoms with E-state index < -0.39 is 33.8 Å². The van der Waals surface area contributed by atoms with Crippen molar-refractivity contribution in [2.45, 2.75) is 32.2 Å². The number of Topliss-reactive ketones (excluding diaryl/α,β-unsaturated/α-hetero) is 1. The number of nitro groups is 1. The van der Waals surface area contributed by atoms with Crippen molar-refractivity contribution in [2.75, 3.05) is 4.90 Å². The molecule has 2 heterocycles. The lowest BCUT2D eigenvalue weighted by molar-refractivity contribution is -0.384. The van der Waals surface area contributed by atoms with Crippen LogP contribution in [-0.2, 0) is 15.0 Å². The van der Waals surface area contributed by atoms with Gasteiger partial charge in [0.15, 0.2) is 5.82 Å². The highest BCUT2D eigenvalue weighted by Gasteiger charge is 2.48. The number of non-ortho nitro benzene ring substituents is 1. The van der Waals surface area contributed by atoms with Gasteiger partial charge in [-0.05, 0) is 17.7 Å². The number of aliphatic hydroxyl groups is 1. The Morgan fingerprint density at radius 3 is 2.41 bits per heavy atom. The third-order valence-corrected chi connectivity index (χ3v) is 5.97. The van der Waals surface area contributed by atoms with Crippen LogP contribution in [-0.4, -0.2) is 26.9 Å². The van der Waals surface area contributed by atoms with E-state index in [1.165, 1.54) is 18.2 Å². The van der Waals surface area contributed by atoms with E-state index in [9.17, 15) is 24.8 Å². The first-order chi connectivity index (χ1) is 16.0. The van der Waals surface area contributed by atoms with Crippen LogP contribution in [0.1, 0.15) is 43.7 Å². The minimum atomic E-state index is -1.15. The molecule has 1 aliphatic rings. The van der Waals surface area contributed by atoms with E-state index in [2.05, 4.69) is 21.1 Å². The summed E-state index contributed by atoms with van der Waals surface area (Å²) in [5.74, 6) is -1.71. The summed E-state index contributed by atoms with van der Waals surface area (Å²) in [7, 11) is 0. The van der Waals surface area contributed by atoms with Gasteiger partial charge in [0, 0.05) is 33.7 Å². The van der Waals surface area contributed by atoms with Gasteiger partial charge in [0.25, 0.3) is 11.5 Å². The minimum Gasteiger partial charge on any atom is -0.507 e. The molecule has 1 aromatic heterocycles. The zero-order valence-electron chi connectivity index (χ0n) is 18.5. The molecule has 0 radical (unpaired) electrons. The molecule has 1 unspecified atom stereocenters. The molecule has 34 heavy (non-hydrogen) atoms. The summed E-state index contributed by atoms with van der Waals surface area (Å²) in [5, 5.41) is 26.5. The minimum absolute atomic E-state index is 0.0680. The lowest BCUT2D eigenvalue weighted by Crippen LogP contribution is -2.29. The standard InChI is InChI=1S/C24H20BrN3O6/c1-24(2,3)17-12-18(26-34-17)27-20(14-5-4-6-16(11-14)28(32)33)19(22(30)23(27)31)21(29)13-7-9-15(25)10-8-13/h4-12,20,29H,1-3H3. The van der Waals surface area contributed by atoms with Crippen LogP contribution in [0.2, 0.25) is 0 Å². The molecular weight excluding hydrogens is 506 g/mol. The maximum absolute atomic E-state index is 13.2. The summed E-state index contributed by atoms with van der Waals surface area (Å²) in [6.45, 7) is 5.70. The Morgan fingerprint density at radius 2 is 1.82 bits per heavy atom. The molecule has 1 N–H and O–H groups in total. The van der Waals surface area contributed by atoms with Crippen LogP contribution in [0.15, 0.2) is 69.2 Å². The Morgan fingerprint density at radius 1 is 1.15 bits per heavy atom. The molecule has 0 saturated carbocycles. The topological polar surface area (TPSA) is 127 Å². The number of hydrogen-bond donors (Lipinski definition) is 1.